The average Bonchev–Trinajstić information content (AvgIpc) is 2.38. The number of hydrogen-bond acceptors (Lipinski definition) is 3. The van der Waals surface area contributed by atoms with Crippen LogP contribution < -0.4 is 10.2 Å². The SMILES string of the molecule is CCN(CCCO)c1ccccc1CNC(C)C. The molecule has 0 saturated carbocycles. The van der Waals surface area contributed by atoms with E-state index in [2.05, 4.69) is 55.3 Å². The van der Waals surface area contributed by atoms with Gasteiger partial charge in [0.1, 0.15) is 0 Å². The summed E-state index contributed by atoms with van der Waals surface area (Å²) in [6, 6.07) is 8.99. The Bertz CT molecular complexity index is 339. The van der Waals surface area contributed by atoms with E-state index in [1.54, 1.807) is 0 Å². The molecule has 0 amide bonds. The Morgan fingerprint density at radius 1 is 1.28 bits per heavy atom. The van der Waals surface area contributed by atoms with Crippen LogP contribution in [0.3, 0.4) is 0 Å². The highest BCUT2D eigenvalue weighted by Crippen LogP contribution is 2.20. The predicted molar refractivity (Wildman–Crippen MR) is 78.0 cm³/mol. The Kier molecular flexibility index (Phi) is 6.76. The molecular formula is C15H26N2O. The molecule has 0 fully saturated rings. The predicted octanol–water partition coefficient (Wildman–Crippen LogP) is 2.39. The minimum Gasteiger partial charge on any atom is -0.396 e. The van der Waals surface area contributed by atoms with Crippen LogP contribution in [0.1, 0.15) is 32.8 Å². The molecule has 3 nitrogen and oxygen atoms in total. The van der Waals surface area contributed by atoms with Crippen molar-refractivity contribution in [2.75, 3.05) is 24.6 Å². The summed E-state index contributed by atoms with van der Waals surface area (Å²) in [4.78, 5) is 2.33. The van der Waals surface area contributed by atoms with Gasteiger partial charge in [0.05, 0.1) is 0 Å². The van der Waals surface area contributed by atoms with E-state index in [-0.39, 0.29) is 6.61 Å². The highest BCUT2D eigenvalue weighted by atomic mass is 16.3. The molecule has 0 aliphatic rings. The van der Waals surface area contributed by atoms with Gasteiger partial charge in [0.25, 0.3) is 0 Å². The van der Waals surface area contributed by atoms with E-state index < -0.39 is 0 Å². The Hall–Kier alpha value is -1.06. The maximum atomic E-state index is 8.96. The number of rotatable bonds is 8. The van der Waals surface area contributed by atoms with Gasteiger partial charge in [-0.25, -0.2) is 0 Å². The zero-order chi connectivity index (χ0) is 13.4. The summed E-state index contributed by atoms with van der Waals surface area (Å²) >= 11 is 0. The van der Waals surface area contributed by atoms with Gasteiger partial charge in [0.15, 0.2) is 0 Å². The first kappa shape index (κ1) is 15.0. The van der Waals surface area contributed by atoms with Crippen LogP contribution >= 0.6 is 0 Å². The normalized spacial score (nSPS) is 10.9. The van der Waals surface area contributed by atoms with Crippen molar-refractivity contribution in [3.63, 3.8) is 0 Å². The highest BCUT2D eigenvalue weighted by Gasteiger charge is 2.08. The summed E-state index contributed by atoms with van der Waals surface area (Å²) < 4.78 is 0. The topological polar surface area (TPSA) is 35.5 Å². The summed E-state index contributed by atoms with van der Waals surface area (Å²) in [6.45, 7) is 9.50. The van der Waals surface area contributed by atoms with E-state index in [1.165, 1.54) is 11.3 Å². The molecule has 1 aromatic rings. The highest BCUT2D eigenvalue weighted by molar-refractivity contribution is 5.53. The zero-order valence-corrected chi connectivity index (χ0v) is 11.8. The third-order valence-electron chi connectivity index (χ3n) is 3.00. The first-order chi connectivity index (χ1) is 8.69. The van der Waals surface area contributed by atoms with Crippen molar-refractivity contribution in [3.05, 3.63) is 29.8 Å². The largest absolute Gasteiger partial charge is 0.396 e. The van der Waals surface area contributed by atoms with Crippen LogP contribution in [0, 0.1) is 0 Å². The molecule has 0 radical (unpaired) electrons. The summed E-state index contributed by atoms with van der Waals surface area (Å²) in [5.41, 5.74) is 2.60. The molecule has 18 heavy (non-hydrogen) atoms. The van der Waals surface area contributed by atoms with Gasteiger partial charge in [0, 0.05) is 38.0 Å². The van der Waals surface area contributed by atoms with E-state index in [0.717, 1.165) is 26.1 Å². The fourth-order valence-electron chi connectivity index (χ4n) is 1.99. The monoisotopic (exact) mass is 250 g/mol. The lowest BCUT2D eigenvalue weighted by atomic mass is 10.1. The van der Waals surface area contributed by atoms with Crippen molar-refractivity contribution in [1.82, 2.24) is 5.32 Å². The molecule has 0 atom stereocenters. The maximum Gasteiger partial charge on any atom is 0.0447 e. The molecule has 0 bridgehead atoms. The summed E-state index contributed by atoms with van der Waals surface area (Å²) in [7, 11) is 0. The molecule has 0 unspecified atom stereocenters. The van der Waals surface area contributed by atoms with Crippen LogP contribution in [-0.4, -0.2) is 30.8 Å². The van der Waals surface area contributed by atoms with E-state index in [4.69, 9.17) is 5.11 Å². The first-order valence-electron chi connectivity index (χ1n) is 6.86. The molecule has 0 spiro atoms. The molecule has 0 aliphatic carbocycles. The molecule has 0 saturated heterocycles. The Morgan fingerprint density at radius 3 is 2.61 bits per heavy atom. The lowest BCUT2D eigenvalue weighted by molar-refractivity contribution is 0.289. The molecule has 0 heterocycles. The lowest BCUT2D eigenvalue weighted by Crippen LogP contribution is -2.28. The van der Waals surface area contributed by atoms with E-state index >= 15 is 0 Å². The standard InChI is InChI=1S/C15H26N2O/c1-4-17(10-7-11-18)15-9-6-5-8-14(15)12-16-13(2)3/h5-6,8-9,13,16,18H,4,7,10-12H2,1-3H3. The van der Waals surface area contributed by atoms with Gasteiger partial charge in [-0.05, 0) is 25.0 Å². The van der Waals surface area contributed by atoms with Gasteiger partial charge in [-0.3, -0.25) is 0 Å². The van der Waals surface area contributed by atoms with Gasteiger partial charge in [-0.1, -0.05) is 32.0 Å². The van der Waals surface area contributed by atoms with Gasteiger partial charge in [0.2, 0.25) is 0 Å². The molecule has 2 N–H and O–H groups in total. The maximum absolute atomic E-state index is 8.96. The number of para-hydroxylation sites is 1. The molecule has 3 heteroatoms. The summed E-state index contributed by atoms with van der Waals surface area (Å²) in [6.07, 6.45) is 0.819. The van der Waals surface area contributed by atoms with Crippen molar-refractivity contribution >= 4 is 5.69 Å². The van der Waals surface area contributed by atoms with Crippen molar-refractivity contribution in [2.45, 2.75) is 39.8 Å². The Morgan fingerprint density at radius 2 is 2.00 bits per heavy atom. The molecule has 0 aromatic heterocycles. The molecule has 1 aromatic carbocycles. The third kappa shape index (κ3) is 4.67. The van der Waals surface area contributed by atoms with Gasteiger partial charge >= 0.3 is 0 Å². The molecular weight excluding hydrogens is 224 g/mol. The third-order valence-corrected chi connectivity index (χ3v) is 3.00. The van der Waals surface area contributed by atoms with E-state index in [9.17, 15) is 0 Å². The van der Waals surface area contributed by atoms with Crippen LogP contribution in [0.2, 0.25) is 0 Å². The van der Waals surface area contributed by atoms with E-state index in [1.807, 2.05) is 0 Å². The quantitative estimate of drug-likeness (QED) is 0.743. The molecule has 1 rings (SSSR count). The molecule has 0 aliphatic heterocycles. The number of aliphatic hydroxyl groups is 1. The van der Waals surface area contributed by atoms with Crippen molar-refractivity contribution < 1.29 is 5.11 Å². The summed E-state index contributed by atoms with van der Waals surface area (Å²) in [5, 5.41) is 12.4. The number of benzene rings is 1. The number of nitrogens with zero attached hydrogens (tertiary/aromatic N) is 1. The van der Waals surface area contributed by atoms with Crippen molar-refractivity contribution in [1.29, 1.82) is 0 Å². The Balaban J connectivity index is 2.78. The summed E-state index contributed by atoms with van der Waals surface area (Å²) in [5.74, 6) is 0. The van der Waals surface area contributed by atoms with Crippen molar-refractivity contribution in [3.8, 4) is 0 Å². The van der Waals surface area contributed by atoms with E-state index in [0.29, 0.717) is 6.04 Å². The number of anilines is 1. The second-order valence-corrected chi connectivity index (χ2v) is 4.82. The zero-order valence-electron chi connectivity index (χ0n) is 11.8. The second-order valence-electron chi connectivity index (χ2n) is 4.82. The van der Waals surface area contributed by atoms with Crippen LogP contribution in [0.25, 0.3) is 0 Å². The fraction of sp³-hybridized carbons (Fsp3) is 0.600. The fourth-order valence-corrected chi connectivity index (χ4v) is 1.99. The van der Waals surface area contributed by atoms with Crippen LogP contribution in [-0.2, 0) is 6.54 Å². The van der Waals surface area contributed by atoms with Crippen molar-refractivity contribution in [2.24, 2.45) is 0 Å². The average molecular weight is 250 g/mol. The van der Waals surface area contributed by atoms with Gasteiger partial charge < -0.3 is 15.3 Å². The number of aliphatic hydroxyl groups excluding tert-OH is 1. The number of nitrogens with one attached hydrogen (secondary N) is 1. The Labute approximate surface area is 111 Å². The first-order valence-corrected chi connectivity index (χ1v) is 6.86. The second kappa shape index (κ2) is 8.11. The molecule has 102 valence electrons. The van der Waals surface area contributed by atoms with Gasteiger partial charge in [-0.2, -0.15) is 0 Å². The number of hydrogen-bond donors (Lipinski definition) is 2. The van der Waals surface area contributed by atoms with Crippen LogP contribution in [0.5, 0.6) is 0 Å². The lowest BCUT2D eigenvalue weighted by Gasteiger charge is -2.26. The van der Waals surface area contributed by atoms with Gasteiger partial charge in [-0.15, -0.1) is 0 Å². The smallest absolute Gasteiger partial charge is 0.0447 e. The minimum atomic E-state index is 0.253. The van der Waals surface area contributed by atoms with Crippen LogP contribution in [0.4, 0.5) is 5.69 Å². The minimum absolute atomic E-state index is 0.253. The van der Waals surface area contributed by atoms with Crippen LogP contribution in [0.15, 0.2) is 24.3 Å².